The van der Waals surface area contributed by atoms with Crippen LogP contribution in [0.15, 0.2) is 47.4 Å². The van der Waals surface area contributed by atoms with Crippen LogP contribution in [0.25, 0.3) is 16.4 Å². The Kier molecular flexibility index (Phi) is 4.00. The van der Waals surface area contributed by atoms with E-state index in [1.54, 1.807) is 55.6 Å². The summed E-state index contributed by atoms with van der Waals surface area (Å²) >= 11 is 2.09. The number of benzene rings is 2. The van der Waals surface area contributed by atoms with Crippen LogP contribution in [0.5, 0.6) is 0 Å². The van der Waals surface area contributed by atoms with Gasteiger partial charge in [-0.2, -0.15) is 9.40 Å². The van der Waals surface area contributed by atoms with E-state index in [1.807, 2.05) is 0 Å². The van der Waals surface area contributed by atoms with Crippen molar-refractivity contribution >= 4 is 60.8 Å². The highest BCUT2D eigenvalue weighted by Crippen LogP contribution is 2.41. The zero-order valence-corrected chi connectivity index (χ0v) is 17.8. The summed E-state index contributed by atoms with van der Waals surface area (Å²) in [5.74, 6) is 0. The molecule has 1 amide bonds. The molecule has 9 heteroatoms. The van der Waals surface area contributed by atoms with Crippen molar-refractivity contribution in [1.82, 2.24) is 9.61 Å². The summed E-state index contributed by atoms with van der Waals surface area (Å²) in [6.45, 7) is 5.07. The Hall–Kier alpha value is -2.14. The SMILES string of the molecule is CC(C)(C)OC(=O)N(c1ccc2c3c(I)nn2c13)S(=O)(=O)c1ccccc1. The molecule has 0 radical (unpaired) electrons. The van der Waals surface area contributed by atoms with Gasteiger partial charge in [-0.25, -0.2) is 17.7 Å². The summed E-state index contributed by atoms with van der Waals surface area (Å²) in [4.78, 5) is 12.9. The third-order valence-corrected chi connectivity index (χ3v) is 6.48. The normalized spacial score (nSPS) is 12.9. The smallest absolute Gasteiger partial charge is 0.429 e. The van der Waals surface area contributed by atoms with Gasteiger partial charge in [0.15, 0.2) is 0 Å². The molecule has 140 valence electrons. The lowest BCUT2D eigenvalue weighted by Crippen LogP contribution is -2.41. The predicted molar refractivity (Wildman–Crippen MR) is 110 cm³/mol. The highest BCUT2D eigenvalue weighted by atomic mass is 127. The molecule has 4 heterocycles. The fourth-order valence-electron chi connectivity index (χ4n) is 2.96. The molecule has 4 aromatic heterocycles. The largest absolute Gasteiger partial charge is 0.443 e. The van der Waals surface area contributed by atoms with Crippen LogP contribution >= 0.6 is 22.6 Å². The second-order valence-corrected chi connectivity index (χ2v) is 9.90. The van der Waals surface area contributed by atoms with E-state index < -0.39 is 21.7 Å². The number of amides is 1. The van der Waals surface area contributed by atoms with E-state index in [0.29, 0.717) is 5.52 Å². The molecule has 0 unspecified atom stereocenters. The zero-order chi connectivity index (χ0) is 19.6. The maximum atomic E-state index is 13.3. The van der Waals surface area contributed by atoms with Crippen molar-refractivity contribution in [2.75, 3.05) is 4.31 Å². The minimum Gasteiger partial charge on any atom is -0.443 e. The minimum atomic E-state index is -4.17. The van der Waals surface area contributed by atoms with E-state index in [4.69, 9.17) is 4.74 Å². The van der Waals surface area contributed by atoms with Crippen molar-refractivity contribution in [2.24, 2.45) is 0 Å². The first-order valence-corrected chi connectivity index (χ1v) is 10.7. The molecular weight excluding hydrogens is 481 g/mol. The van der Waals surface area contributed by atoms with Crippen LogP contribution in [-0.4, -0.2) is 29.7 Å². The molecule has 4 bridgehead atoms. The minimum absolute atomic E-state index is 0.00872. The van der Waals surface area contributed by atoms with E-state index in [1.165, 1.54) is 12.1 Å². The molecule has 2 aromatic carbocycles. The summed E-state index contributed by atoms with van der Waals surface area (Å²) in [7, 11) is -4.17. The highest BCUT2D eigenvalue weighted by Gasteiger charge is 2.38. The number of sulfonamides is 1. The van der Waals surface area contributed by atoms with Gasteiger partial charge < -0.3 is 4.74 Å². The average Bonchev–Trinajstić information content (AvgIpc) is 3.10. The number of carbonyl (C=O) groups is 1. The number of rotatable bonds is 3. The van der Waals surface area contributed by atoms with Gasteiger partial charge in [0.05, 0.1) is 21.5 Å². The summed E-state index contributed by atoms with van der Waals surface area (Å²) in [5, 5.41) is 5.20. The number of aromatic nitrogens is 2. The molecule has 0 aliphatic rings. The number of fused-ring (bicyclic) bond motifs is 3. The number of nitrogens with zero attached hydrogens (tertiary/aromatic N) is 3. The molecule has 7 nitrogen and oxygen atoms in total. The maximum absolute atomic E-state index is 13.3. The van der Waals surface area contributed by atoms with Gasteiger partial charge in [-0.1, -0.05) is 18.2 Å². The van der Waals surface area contributed by atoms with Gasteiger partial charge in [0.2, 0.25) is 0 Å². The molecule has 0 saturated carbocycles. The van der Waals surface area contributed by atoms with Crippen molar-refractivity contribution in [3.05, 3.63) is 46.2 Å². The monoisotopic (exact) mass is 497 g/mol. The Morgan fingerprint density at radius 1 is 1.15 bits per heavy atom. The van der Waals surface area contributed by atoms with E-state index >= 15 is 0 Å². The molecule has 0 aliphatic heterocycles. The first kappa shape index (κ1) is 18.2. The van der Waals surface area contributed by atoms with Crippen LogP contribution in [0.3, 0.4) is 0 Å². The van der Waals surface area contributed by atoms with Gasteiger partial charge in [0.25, 0.3) is 10.0 Å². The molecule has 6 rings (SSSR count). The first-order chi connectivity index (χ1) is 12.6. The summed E-state index contributed by atoms with van der Waals surface area (Å²) in [6, 6.07) is 11.2. The number of hydrogen-bond acceptors (Lipinski definition) is 5. The van der Waals surface area contributed by atoms with Crippen molar-refractivity contribution in [2.45, 2.75) is 31.3 Å². The third kappa shape index (κ3) is 2.80. The van der Waals surface area contributed by atoms with Gasteiger partial charge in [0.1, 0.15) is 14.8 Å². The molecule has 0 saturated heterocycles. The van der Waals surface area contributed by atoms with Crippen LogP contribution in [0, 0.1) is 3.70 Å². The summed E-state index contributed by atoms with van der Waals surface area (Å²) in [5.41, 5.74) is 0.884. The van der Waals surface area contributed by atoms with E-state index in [2.05, 4.69) is 27.7 Å². The Morgan fingerprint density at radius 3 is 2.37 bits per heavy atom. The highest BCUT2D eigenvalue weighted by molar-refractivity contribution is 14.1. The number of anilines is 1. The topological polar surface area (TPSA) is 81.0 Å². The second kappa shape index (κ2) is 5.93. The van der Waals surface area contributed by atoms with Crippen LogP contribution in [0.4, 0.5) is 10.5 Å². The van der Waals surface area contributed by atoms with Gasteiger partial charge >= 0.3 is 6.09 Å². The van der Waals surface area contributed by atoms with Crippen molar-refractivity contribution in [1.29, 1.82) is 0 Å². The van der Waals surface area contributed by atoms with Crippen molar-refractivity contribution < 1.29 is 17.9 Å². The van der Waals surface area contributed by atoms with Gasteiger partial charge in [-0.05, 0) is 67.6 Å². The molecule has 0 fully saturated rings. The zero-order valence-electron chi connectivity index (χ0n) is 14.8. The molecule has 0 aliphatic carbocycles. The third-order valence-electron chi connectivity index (χ3n) is 4.03. The molecule has 0 spiro atoms. The van der Waals surface area contributed by atoms with Crippen LogP contribution in [-0.2, 0) is 14.8 Å². The number of carbonyl (C=O) groups excluding carboxylic acids is 1. The molecule has 0 N–H and O–H groups in total. The van der Waals surface area contributed by atoms with Gasteiger partial charge in [0, 0.05) is 0 Å². The predicted octanol–water partition coefficient (Wildman–Crippen LogP) is 4.10. The van der Waals surface area contributed by atoms with Gasteiger partial charge in [-0.15, -0.1) is 0 Å². The Balaban J connectivity index is 1.91. The second-order valence-electron chi connectivity index (χ2n) is 7.09. The fourth-order valence-corrected chi connectivity index (χ4v) is 5.06. The first-order valence-electron chi connectivity index (χ1n) is 8.16. The van der Waals surface area contributed by atoms with Crippen molar-refractivity contribution in [3.63, 3.8) is 0 Å². The van der Waals surface area contributed by atoms with Crippen LogP contribution in [0.1, 0.15) is 20.8 Å². The summed E-state index contributed by atoms with van der Waals surface area (Å²) < 4.78 is 35.2. The number of halogens is 1. The Bertz CT molecular complexity index is 1230. The standard InChI is InChI=1S/C18H16IN3O4S/c1-18(2,3)26-17(23)22(27(24,25)11-7-5-4-6-8-11)13-10-9-12-14-15(13)21(12)20-16(14)19/h4-10H,1-3H3. The lowest BCUT2D eigenvalue weighted by molar-refractivity contribution is 0.0609. The average molecular weight is 497 g/mol. The Morgan fingerprint density at radius 2 is 1.81 bits per heavy atom. The van der Waals surface area contributed by atoms with E-state index in [9.17, 15) is 13.2 Å². The van der Waals surface area contributed by atoms with Crippen molar-refractivity contribution in [3.8, 4) is 0 Å². The van der Waals surface area contributed by atoms with Crippen LogP contribution < -0.4 is 4.31 Å². The quantitative estimate of drug-likeness (QED) is 0.399. The molecule has 0 atom stereocenters. The lowest BCUT2D eigenvalue weighted by atomic mass is 10.1. The molecule has 6 aromatic rings. The fraction of sp³-hybridized carbons (Fsp3) is 0.222. The maximum Gasteiger partial charge on any atom is 0.429 e. The molecular formula is C18H16IN3O4S. The molecule has 27 heavy (non-hydrogen) atoms. The lowest BCUT2D eigenvalue weighted by Gasteiger charge is -2.28. The van der Waals surface area contributed by atoms with Gasteiger partial charge in [-0.3, -0.25) is 0 Å². The number of hydrogen-bond donors (Lipinski definition) is 0. The van der Waals surface area contributed by atoms with E-state index in [0.717, 1.165) is 18.9 Å². The Labute approximate surface area is 169 Å². The summed E-state index contributed by atoms with van der Waals surface area (Å²) in [6.07, 6.45) is -0.954. The number of ether oxygens (including phenoxy) is 1. The van der Waals surface area contributed by atoms with Crippen LogP contribution in [0.2, 0.25) is 0 Å². The van der Waals surface area contributed by atoms with E-state index in [-0.39, 0.29) is 10.6 Å². The number of pyridine rings is 1.